The highest BCUT2D eigenvalue weighted by atomic mass is 16.2. The summed E-state index contributed by atoms with van der Waals surface area (Å²) in [5.74, 6) is 0.134. The van der Waals surface area contributed by atoms with E-state index in [1.807, 2.05) is 24.3 Å². The Morgan fingerprint density at radius 3 is 2.33 bits per heavy atom. The lowest BCUT2D eigenvalue weighted by Crippen LogP contribution is -2.49. The lowest BCUT2D eigenvalue weighted by atomic mass is 10.1. The fraction of sp³-hybridized carbons (Fsp3) is 0.500. The molecule has 1 aromatic carbocycles. The van der Waals surface area contributed by atoms with Crippen LogP contribution in [0.2, 0.25) is 0 Å². The van der Waals surface area contributed by atoms with Gasteiger partial charge in [-0.05, 0) is 31.2 Å². The third-order valence-electron chi connectivity index (χ3n) is 4.35. The first kappa shape index (κ1) is 18.0. The molecule has 1 heterocycles. The predicted molar refractivity (Wildman–Crippen MR) is 93.0 cm³/mol. The van der Waals surface area contributed by atoms with Gasteiger partial charge in [0.15, 0.2) is 5.78 Å². The third kappa shape index (κ3) is 4.80. The zero-order valence-electron chi connectivity index (χ0n) is 14.4. The normalized spacial score (nSPS) is 15.0. The molecule has 2 rings (SSSR count). The van der Waals surface area contributed by atoms with Crippen molar-refractivity contribution in [1.29, 1.82) is 5.26 Å². The van der Waals surface area contributed by atoms with Crippen LogP contribution in [0.5, 0.6) is 0 Å². The molecule has 0 unspecified atom stereocenters. The number of piperazine rings is 1. The van der Waals surface area contributed by atoms with Crippen LogP contribution in [0, 0.1) is 11.3 Å². The number of hydrogen-bond donors (Lipinski definition) is 0. The Hall–Kier alpha value is -2.39. The van der Waals surface area contributed by atoms with Crippen LogP contribution in [-0.2, 0) is 4.79 Å². The summed E-state index contributed by atoms with van der Waals surface area (Å²) in [6.07, 6.45) is 0.367. The fourth-order valence-electron chi connectivity index (χ4n) is 2.73. The Kier molecular flexibility index (Phi) is 6.33. The Labute approximate surface area is 143 Å². The summed E-state index contributed by atoms with van der Waals surface area (Å²) in [5.41, 5.74) is 1.83. The minimum atomic E-state index is 0.0597. The van der Waals surface area contributed by atoms with Gasteiger partial charge in [-0.2, -0.15) is 5.26 Å². The zero-order valence-corrected chi connectivity index (χ0v) is 14.4. The van der Waals surface area contributed by atoms with Crippen LogP contribution in [-0.4, -0.2) is 67.8 Å². The van der Waals surface area contributed by atoms with Crippen molar-refractivity contribution in [3.05, 3.63) is 29.8 Å². The van der Waals surface area contributed by atoms with Crippen LogP contribution >= 0.6 is 0 Å². The van der Waals surface area contributed by atoms with Crippen LogP contribution in [0.15, 0.2) is 24.3 Å². The molecule has 0 radical (unpaired) electrons. The van der Waals surface area contributed by atoms with E-state index in [4.69, 9.17) is 5.26 Å². The maximum absolute atomic E-state index is 12.1. The minimum Gasteiger partial charge on any atom is -0.369 e. The summed E-state index contributed by atoms with van der Waals surface area (Å²) >= 11 is 0. The maximum atomic E-state index is 12.1. The van der Waals surface area contributed by atoms with Crippen molar-refractivity contribution in [2.75, 3.05) is 51.2 Å². The number of carbonyl (C=O) groups is 2. The monoisotopic (exact) mass is 328 g/mol. The first-order chi connectivity index (χ1) is 11.5. The molecule has 1 amide bonds. The van der Waals surface area contributed by atoms with E-state index in [0.29, 0.717) is 19.5 Å². The van der Waals surface area contributed by atoms with E-state index in [0.717, 1.165) is 37.4 Å². The van der Waals surface area contributed by atoms with Crippen molar-refractivity contribution in [2.45, 2.75) is 13.3 Å². The molecule has 0 spiro atoms. The number of rotatable bonds is 6. The van der Waals surface area contributed by atoms with Crippen molar-refractivity contribution in [1.82, 2.24) is 9.80 Å². The highest BCUT2D eigenvalue weighted by Gasteiger charge is 2.20. The predicted octanol–water partition coefficient (Wildman–Crippen LogP) is 1.38. The number of nitrogens with zero attached hydrogens (tertiary/aromatic N) is 4. The molecular weight excluding hydrogens is 304 g/mol. The number of amides is 1. The van der Waals surface area contributed by atoms with Crippen molar-refractivity contribution in [2.24, 2.45) is 0 Å². The lowest BCUT2D eigenvalue weighted by molar-refractivity contribution is -0.131. The molecule has 1 aliphatic rings. The van der Waals surface area contributed by atoms with E-state index in [-0.39, 0.29) is 11.7 Å². The molecule has 0 aromatic heterocycles. The Morgan fingerprint density at radius 1 is 1.17 bits per heavy atom. The van der Waals surface area contributed by atoms with Gasteiger partial charge in [-0.1, -0.05) is 0 Å². The van der Waals surface area contributed by atoms with Gasteiger partial charge in [-0.25, -0.2) is 0 Å². The summed E-state index contributed by atoms with van der Waals surface area (Å²) in [5, 5.41) is 8.58. The van der Waals surface area contributed by atoms with Gasteiger partial charge < -0.3 is 9.80 Å². The number of carbonyl (C=O) groups excluding carboxylic acids is 2. The van der Waals surface area contributed by atoms with Gasteiger partial charge in [0.2, 0.25) is 5.91 Å². The second-order valence-corrected chi connectivity index (χ2v) is 6.09. The molecule has 24 heavy (non-hydrogen) atoms. The summed E-state index contributed by atoms with van der Waals surface area (Å²) in [6.45, 7) is 5.82. The highest BCUT2D eigenvalue weighted by molar-refractivity contribution is 5.94. The van der Waals surface area contributed by atoms with Crippen LogP contribution in [0.4, 0.5) is 5.69 Å². The van der Waals surface area contributed by atoms with Crippen LogP contribution in [0.1, 0.15) is 23.7 Å². The Bertz CT molecular complexity index is 613. The molecule has 1 saturated heterocycles. The quantitative estimate of drug-likeness (QED) is 0.738. The second-order valence-electron chi connectivity index (χ2n) is 6.09. The lowest BCUT2D eigenvalue weighted by Gasteiger charge is -2.36. The van der Waals surface area contributed by atoms with Gasteiger partial charge in [0.25, 0.3) is 0 Å². The van der Waals surface area contributed by atoms with Crippen LogP contribution in [0.25, 0.3) is 0 Å². The van der Waals surface area contributed by atoms with Crippen LogP contribution in [0.3, 0.4) is 0 Å². The summed E-state index contributed by atoms with van der Waals surface area (Å²) in [6, 6.07) is 9.73. The molecule has 128 valence electrons. The number of hydrogen-bond acceptors (Lipinski definition) is 5. The number of Topliss-reactive ketones (excluding diaryl/α,β-unsaturated/α-hetero) is 1. The number of anilines is 1. The molecule has 1 fully saturated rings. The number of benzene rings is 1. The molecule has 6 heteroatoms. The third-order valence-corrected chi connectivity index (χ3v) is 4.35. The first-order valence-corrected chi connectivity index (χ1v) is 8.20. The van der Waals surface area contributed by atoms with E-state index in [2.05, 4.69) is 15.9 Å². The summed E-state index contributed by atoms with van der Waals surface area (Å²) in [4.78, 5) is 29.5. The zero-order chi connectivity index (χ0) is 17.5. The van der Waals surface area contributed by atoms with Gasteiger partial charge in [0.05, 0.1) is 19.0 Å². The van der Waals surface area contributed by atoms with Gasteiger partial charge >= 0.3 is 0 Å². The SMILES string of the molecule is CC(=O)c1ccc(N2CCN(CC(=O)N(C)CCC#N)CC2)cc1. The van der Waals surface area contributed by atoms with Gasteiger partial charge in [0, 0.05) is 51.0 Å². The molecule has 0 N–H and O–H groups in total. The smallest absolute Gasteiger partial charge is 0.236 e. The van der Waals surface area contributed by atoms with E-state index in [9.17, 15) is 9.59 Å². The summed E-state index contributed by atoms with van der Waals surface area (Å²) in [7, 11) is 1.74. The average molecular weight is 328 g/mol. The molecule has 1 aromatic rings. The highest BCUT2D eigenvalue weighted by Crippen LogP contribution is 2.17. The molecule has 0 aliphatic carbocycles. The second kappa shape index (κ2) is 8.46. The topological polar surface area (TPSA) is 67.7 Å². The first-order valence-electron chi connectivity index (χ1n) is 8.20. The van der Waals surface area contributed by atoms with E-state index >= 15 is 0 Å². The Morgan fingerprint density at radius 2 is 1.79 bits per heavy atom. The molecule has 0 atom stereocenters. The molecule has 0 bridgehead atoms. The summed E-state index contributed by atoms with van der Waals surface area (Å²) < 4.78 is 0. The molecule has 0 saturated carbocycles. The standard InChI is InChI=1S/C18H24N4O2/c1-15(23)16-4-6-17(7-5-16)22-12-10-21(11-13-22)14-18(24)20(2)9-3-8-19/h4-7H,3,9-14H2,1-2H3. The van der Waals surface area contributed by atoms with Crippen molar-refractivity contribution >= 4 is 17.4 Å². The van der Waals surface area contributed by atoms with Gasteiger partial charge in [-0.3, -0.25) is 14.5 Å². The fourth-order valence-corrected chi connectivity index (χ4v) is 2.73. The largest absolute Gasteiger partial charge is 0.369 e. The molecule has 1 aliphatic heterocycles. The van der Waals surface area contributed by atoms with Crippen LogP contribution < -0.4 is 4.90 Å². The average Bonchev–Trinajstić information content (AvgIpc) is 2.60. The van der Waals surface area contributed by atoms with Crippen molar-refractivity contribution in [3.63, 3.8) is 0 Å². The van der Waals surface area contributed by atoms with Crippen molar-refractivity contribution < 1.29 is 9.59 Å². The number of ketones is 1. The minimum absolute atomic E-state index is 0.0597. The van der Waals surface area contributed by atoms with Gasteiger partial charge in [-0.15, -0.1) is 0 Å². The number of likely N-dealkylation sites (N-methyl/N-ethyl adjacent to an activating group) is 1. The van der Waals surface area contributed by atoms with Crippen molar-refractivity contribution in [3.8, 4) is 6.07 Å². The number of nitriles is 1. The van der Waals surface area contributed by atoms with E-state index in [1.54, 1.807) is 18.9 Å². The Balaban J connectivity index is 1.82. The van der Waals surface area contributed by atoms with E-state index < -0.39 is 0 Å². The maximum Gasteiger partial charge on any atom is 0.236 e. The molecule has 6 nitrogen and oxygen atoms in total. The van der Waals surface area contributed by atoms with E-state index in [1.165, 1.54) is 0 Å². The molecular formula is C18H24N4O2. The van der Waals surface area contributed by atoms with Gasteiger partial charge in [0.1, 0.15) is 0 Å².